The van der Waals surface area contributed by atoms with E-state index in [1.807, 2.05) is 0 Å². The number of halogens is 1. The summed E-state index contributed by atoms with van der Waals surface area (Å²) in [6, 6.07) is 5.68. The van der Waals surface area contributed by atoms with Gasteiger partial charge in [-0.1, -0.05) is 0 Å². The Hall–Kier alpha value is -1.95. The second-order valence-corrected chi connectivity index (χ2v) is 4.83. The molecule has 1 fully saturated rings. The number of nitrogens with one attached hydrogen (secondary N) is 3. The van der Waals surface area contributed by atoms with Gasteiger partial charge >= 0.3 is 0 Å². The number of carbonyl (C=O) groups is 2. The van der Waals surface area contributed by atoms with Crippen molar-refractivity contribution in [1.82, 2.24) is 10.6 Å². The van der Waals surface area contributed by atoms with E-state index in [4.69, 9.17) is 0 Å². The molecule has 3 N–H and O–H groups in total. The molecule has 108 valence electrons. The van der Waals surface area contributed by atoms with Crippen molar-refractivity contribution in [1.29, 1.82) is 0 Å². The Bertz CT molecular complexity index is 470. The van der Waals surface area contributed by atoms with Gasteiger partial charge in [0.05, 0.1) is 6.54 Å². The van der Waals surface area contributed by atoms with Crippen LogP contribution in [0.25, 0.3) is 0 Å². The van der Waals surface area contributed by atoms with E-state index >= 15 is 0 Å². The van der Waals surface area contributed by atoms with E-state index in [-0.39, 0.29) is 30.2 Å². The molecule has 0 aromatic heterocycles. The summed E-state index contributed by atoms with van der Waals surface area (Å²) in [5, 5.41) is 8.38. The molecule has 1 aliphatic rings. The summed E-state index contributed by atoms with van der Waals surface area (Å²) in [6.45, 7) is 0.867. The molecular formula is C14H18FN3O2. The zero-order chi connectivity index (χ0) is 14.4. The first-order valence-electron chi connectivity index (χ1n) is 6.69. The van der Waals surface area contributed by atoms with Gasteiger partial charge in [-0.25, -0.2) is 4.39 Å². The number of carbonyl (C=O) groups excluding carboxylic acids is 2. The molecule has 20 heavy (non-hydrogen) atoms. The standard InChI is InChI=1S/C14H18FN3O2/c15-10-3-5-11(6-4-10)18-14(20)9-17-13(19)8-12-2-1-7-16-12/h3-6,12,16H,1-2,7-9H2,(H,17,19)(H,18,20). The zero-order valence-electron chi connectivity index (χ0n) is 11.1. The second-order valence-electron chi connectivity index (χ2n) is 4.83. The molecule has 0 bridgehead atoms. The van der Waals surface area contributed by atoms with Crippen LogP contribution < -0.4 is 16.0 Å². The minimum Gasteiger partial charge on any atom is -0.347 e. The molecule has 2 amide bonds. The lowest BCUT2D eigenvalue weighted by molar-refractivity contribution is -0.124. The third-order valence-electron chi connectivity index (χ3n) is 3.17. The second kappa shape index (κ2) is 7.00. The molecule has 0 aliphatic carbocycles. The van der Waals surface area contributed by atoms with Crippen LogP contribution in [0.15, 0.2) is 24.3 Å². The van der Waals surface area contributed by atoms with Crippen molar-refractivity contribution in [3.05, 3.63) is 30.1 Å². The fourth-order valence-corrected chi connectivity index (χ4v) is 2.14. The van der Waals surface area contributed by atoms with Crippen molar-refractivity contribution in [3.8, 4) is 0 Å². The molecule has 0 spiro atoms. The molecule has 6 heteroatoms. The molecule has 0 saturated carbocycles. The van der Waals surface area contributed by atoms with E-state index in [1.54, 1.807) is 0 Å². The third kappa shape index (κ3) is 4.62. The largest absolute Gasteiger partial charge is 0.347 e. The maximum atomic E-state index is 12.7. The number of anilines is 1. The Morgan fingerprint density at radius 3 is 2.65 bits per heavy atom. The van der Waals surface area contributed by atoms with Crippen molar-refractivity contribution in [2.75, 3.05) is 18.4 Å². The first kappa shape index (κ1) is 14.5. The number of amides is 2. The predicted molar refractivity (Wildman–Crippen MR) is 73.7 cm³/mol. The van der Waals surface area contributed by atoms with Gasteiger partial charge in [0, 0.05) is 18.2 Å². The number of benzene rings is 1. The molecule has 2 rings (SSSR count). The van der Waals surface area contributed by atoms with Crippen LogP contribution in [0.5, 0.6) is 0 Å². The summed E-state index contributed by atoms with van der Waals surface area (Å²) in [6.07, 6.45) is 2.47. The Labute approximate surface area is 116 Å². The lowest BCUT2D eigenvalue weighted by atomic mass is 10.1. The Balaban J connectivity index is 1.69. The molecule has 1 aliphatic heterocycles. The minimum atomic E-state index is -0.361. The van der Waals surface area contributed by atoms with Crippen molar-refractivity contribution in [2.24, 2.45) is 0 Å². The van der Waals surface area contributed by atoms with E-state index < -0.39 is 0 Å². The third-order valence-corrected chi connectivity index (χ3v) is 3.17. The molecule has 1 heterocycles. The van der Waals surface area contributed by atoms with E-state index in [0.717, 1.165) is 19.4 Å². The lowest BCUT2D eigenvalue weighted by Gasteiger charge is -2.10. The van der Waals surface area contributed by atoms with E-state index in [1.165, 1.54) is 24.3 Å². The average Bonchev–Trinajstić information content (AvgIpc) is 2.92. The minimum absolute atomic E-state index is 0.0804. The molecule has 1 saturated heterocycles. The first-order chi connectivity index (χ1) is 9.63. The fourth-order valence-electron chi connectivity index (χ4n) is 2.14. The van der Waals surface area contributed by atoms with Crippen LogP contribution in [0, 0.1) is 5.82 Å². The highest BCUT2D eigenvalue weighted by Crippen LogP contribution is 2.09. The van der Waals surface area contributed by atoms with Gasteiger partial charge in [-0.2, -0.15) is 0 Å². The Morgan fingerprint density at radius 2 is 2.00 bits per heavy atom. The van der Waals surface area contributed by atoms with Gasteiger partial charge in [-0.15, -0.1) is 0 Å². The van der Waals surface area contributed by atoms with Gasteiger partial charge in [0.25, 0.3) is 0 Å². The van der Waals surface area contributed by atoms with Gasteiger partial charge in [-0.3, -0.25) is 9.59 Å². The topological polar surface area (TPSA) is 70.2 Å². The molecule has 0 radical (unpaired) electrons. The van der Waals surface area contributed by atoms with Crippen LogP contribution in [0.1, 0.15) is 19.3 Å². The van der Waals surface area contributed by atoms with Crippen molar-refractivity contribution >= 4 is 17.5 Å². The van der Waals surface area contributed by atoms with Gasteiger partial charge in [-0.05, 0) is 43.7 Å². The quantitative estimate of drug-likeness (QED) is 0.753. The molecule has 1 atom stereocenters. The highest BCUT2D eigenvalue weighted by Gasteiger charge is 2.17. The van der Waals surface area contributed by atoms with Crippen LogP contribution in [-0.2, 0) is 9.59 Å². The average molecular weight is 279 g/mol. The number of rotatable bonds is 5. The summed E-state index contributed by atoms with van der Waals surface area (Å²) >= 11 is 0. The van der Waals surface area contributed by atoms with Crippen LogP contribution >= 0.6 is 0 Å². The Morgan fingerprint density at radius 1 is 1.25 bits per heavy atom. The molecular weight excluding hydrogens is 261 g/mol. The first-order valence-corrected chi connectivity index (χ1v) is 6.69. The summed E-state index contributed by atoms with van der Waals surface area (Å²) < 4.78 is 12.7. The monoisotopic (exact) mass is 279 g/mol. The lowest BCUT2D eigenvalue weighted by Crippen LogP contribution is -2.36. The van der Waals surface area contributed by atoms with Crippen molar-refractivity contribution in [2.45, 2.75) is 25.3 Å². The number of hydrogen-bond donors (Lipinski definition) is 3. The van der Waals surface area contributed by atoms with Gasteiger partial charge in [0.1, 0.15) is 5.82 Å². The van der Waals surface area contributed by atoms with E-state index in [2.05, 4.69) is 16.0 Å². The fraction of sp³-hybridized carbons (Fsp3) is 0.429. The van der Waals surface area contributed by atoms with E-state index in [0.29, 0.717) is 12.1 Å². The molecule has 1 aromatic rings. The summed E-state index contributed by atoms with van der Waals surface area (Å²) in [5.74, 6) is -0.830. The predicted octanol–water partition coefficient (Wildman–Crippen LogP) is 1.02. The number of hydrogen-bond acceptors (Lipinski definition) is 3. The SMILES string of the molecule is O=C(CC1CCCN1)NCC(=O)Nc1ccc(F)cc1. The molecule has 5 nitrogen and oxygen atoms in total. The maximum Gasteiger partial charge on any atom is 0.243 e. The zero-order valence-corrected chi connectivity index (χ0v) is 11.1. The van der Waals surface area contributed by atoms with Crippen LogP contribution in [-0.4, -0.2) is 30.9 Å². The summed E-state index contributed by atoms with van der Waals surface area (Å²) in [7, 11) is 0. The van der Waals surface area contributed by atoms with Crippen LogP contribution in [0.4, 0.5) is 10.1 Å². The van der Waals surface area contributed by atoms with E-state index in [9.17, 15) is 14.0 Å². The summed E-state index contributed by atoms with van der Waals surface area (Å²) in [5.41, 5.74) is 0.503. The van der Waals surface area contributed by atoms with Crippen LogP contribution in [0.3, 0.4) is 0 Å². The highest BCUT2D eigenvalue weighted by molar-refractivity contribution is 5.94. The Kier molecular flexibility index (Phi) is 5.06. The van der Waals surface area contributed by atoms with Crippen molar-refractivity contribution in [3.63, 3.8) is 0 Å². The van der Waals surface area contributed by atoms with Crippen LogP contribution in [0.2, 0.25) is 0 Å². The smallest absolute Gasteiger partial charge is 0.243 e. The van der Waals surface area contributed by atoms with Crippen molar-refractivity contribution < 1.29 is 14.0 Å². The molecule has 1 unspecified atom stereocenters. The van der Waals surface area contributed by atoms with Gasteiger partial charge < -0.3 is 16.0 Å². The highest BCUT2D eigenvalue weighted by atomic mass is 19.1. The van der Waals surface area contributed by atoms with Gasteiger partial charge in [0.15, 0.2) is 0 Å². The summed E-state index contributed by atoms with van der Waals surface area (Å²) in [4.78, 5) is 23.2. The van der Waals surface area contributed by atoms with Gasteiger partial charge in [0.2, 0.25) is 11.8 Å². The maximum absolute atomic E-state index is 12.7. The normalized spacial score (nSPS) is 17.8. The molecule has 1 aromatic carbocycles.